The average molecular weight is 325 g/mol. The lowest BCUT2D eigenvalue weighted by atomic mass is 9.99. The van der Waals surface area contributed by atoms with Gasteiger partial charge in [-0.05, 0) is 56.2 Å². The van der Waals surface area contributed by atoms with Gasteiger partial charge in [-0.15, -0.1) is 6.58 Å². The van der Waals surface area contributed by atoms with Crippen molar-refractivity contribution in [2.75, 3.05) is 11.5 Å². The number of para-hydroxylation sites is 1. The molecule has 0 saturated heterocycles. The van der Waals surface area contributed by atoms with E-state index in [1.807, 2.05) is 37.3 Å². The lowest BCUT2D eigenvalue weighted by Gasteiger charge is -2.27. The number of rotatable bonds is 7. The summed E-state index contributed by atoms with van der Waals surface area (Å²) in [6.45, 7) is 5.55. The summed E-state index contributed by atoms with van der Waals surface area (Å²) in [5.74, 6) is -0.536. The molecule has 0 heterocycles. The minimum atomic E-state index is -0.504. The quantitative estimate of drug-likeness (QED) is 0.756. The van der Waals surface area contributed by atoms with Crippen molar-refractivity contribution in [3.05, 3.63) is 66.7 Å². The number of carbonyl (C=O) groups is 1. The maximum Gasteiger partial charge on any atom is 0.236 e. The van der Waals surface area contributed by atoms with Crippen LogP contribution in [0.5, 0.6) is 5.75 Å². The van der Waals surface area contributed by atoms with E-state index in [-0.39, 0.29) is 18.3 Å². The van der Waals surface area contributed by atoms with Gasteiger partial charge in [0.1, 0.15) is 5.75 Å². The van der Waals surface area contributed by atoms with Crippen LogP contribution < -0.4 is 4.90 Å². The van der Waals surface area contributed by atoms with Crippen LogP contribution in [0.3, 0.4) is 0 Å². The zero-order valence-electron chi connectivity index (χ0n) is 13.9. The molecule has 2 aromatic rings. The van der Waals surface area contributed by atoms with Crippen molar-refractivity contribution in [3.63, 3.8) is 0 Å². The van der Waals surface area contributed by atoms with Gasteiger partial charge in [0.05, 0.1) is 12.5 Å². The topological polar surface area (TPSA) is 60.8 Å². The molecule has 1 unspecified atom stereocenters. The lowest BCUT2D eigenvalue weighted by molar-refractivity contribution is -0.123. The number of nitrogens with zero attached hydrogens (tertiary/aromatic N) is 1. The Labute approximate surface area is 142 Å². The van der Waals surface area contributed by atoms with E-state index in [1.165, 1.54) is 0 Å². The normalized spacial score (nSPS) is 11.8. The molecule has 2 N–H and O–H groups in total. The van der Waals surface area contributed by atoms with E-state index in [1.54, 1.807) is 29.2 Å². The van der Waals surface area contributed by atoms with Crippen LogP contribution in [0.4, 0.5) is 11.4 Å². The highest BCUT2D eigenvalue weighted by molar-refractivity contribution is 6.01. The van der Waals surface area contributed by atoms with Crippen molar-refractivity contribution in [2.45, 2.75) is 19.8 Å². The zero-order valence-corrected chi connectivity index (χ0v) is 13.9. The molecule has 0 saturated carbocycles. The molecule has 1 atom stereocenters. The Morgan fingerprint density at radius 3 is 2.21 bits per heavy atom. The minimum absolute atomic E-state index is 0.139. The number of hydrogen-bond acceptors (Lipinski definition) is 3. The Bertz CT molecular complexity index is 680. The predicted octanol–water partition coefficient (Wildman–Crippen LogP) is 4.02. The van der Waals surface area contributed by atoms with Gasteiger partial charge in [-0.25, -0.2) is 0 Å². The molecule has 0 aliphatic carbocycles. The van der Waals surface area contributed by atoms with Gasteiger partial charge in [-0.3, -0.25) is 9.69 Å². The number of hydrogen-bond donors (Lipinski definition) is 2. The third-order valence-electron chi connectivity index (χ3n) is 3.83. The monoisotopic (exact) mass is 325 g/mol. The number of benzene rings is 2. The summed E-state index contributed by atoms with van der Waals surface area (Å²) in [6, 6.07) is 15.8. The van der Waals surface area contributed by atoms with E-state index in [2.05, 4.69) is 6.58 Å². The fourth-order valence-electron chi connectivity index (χ4n) is 2.48. The van der Waals surface area contributed by atoms with Crippen LogP contribution in [0.1, 0.15) is 19.8 Å². The fourth-order valence-corrected chi connectivity index (χ4v) is 2.48. The molecular formula is C20H23NO3. The molecule has 0 radical (unpaired) electrons. The summed E-state index contributed by atoms with van der Waals surface area (Å²) < 4.78 is 0. The maximum absolute atomic E-state index is 13.0. The second kappa shape index (κ2) is 8.31. The number of anilines is 2. The summed E-state index contributed by atoms with van der Waals surface area (Å²) in [5.41, 5.74) is 2.36. The van der Waals surface area contributed by atoms with Crippen LogP contribution in [0.15, 0.2) is 66.7 Å². The SMILES string of the molecule is C=C(C)CCC(CO)C(=O)N(c1ccccc1)c1ccc(O)cc1. The molecule has 2 rings (SSSR count). The summed E-state index contributed by atoms with van der Waals surface area (Å²) in [4.78, 5) is 14.6. The van der Waals surface area contributed by atoms with E-state index in [0.29, 0.717) is 18.5 Å². The van der Waals surface area contributed by atoms with Gasteiger partial charge in [-0.2, -0.15) is 0 Å². The third-order valence-corrected chi connectivity index (χ3v) is 3.83. The Morgan fingerprint density at radius 2 is 1.67 bits per heavy atom. The average Bonchev–Trinajstić information content (AvgIpc) is 2.58. The number of allylic oxidation sites excluding steroid dienone is 1. The molecule has 4 heteroatoms. The number of aliphatic hydroxyl groups excluding tert-OH is 1. The standard InChI is InChI=1S/C20H23NO3/c1-15(2)8-9-16(14-22)20(24)21(17-6-4-3-5-7-17)18-10-12-19(23)13-11-18/h3-7,10-13,16,22-23H,1,8-9,14H2,2H3. The molecule has 126 valence electrons. The molecule has 0 aliphatic rings. The van der Waals surface area contributed by atoms with Crippen LogP contribution in [0.2, 0.25) is 0 Å². The maximum atomic E-state index is 13.0. The van der Waals surface area contributed by atoms with Gasteiger partial charge in [-0.1, -0.05) is 23.8 Å². The number of aromatic hydroxyl groups is 1. The third kappa shape index (κ3) is 4.46. The van der Waals surface area contributed by atoms with E-state index < -0.39 is 5.92 Å². The Kier molecular flexibility index (Phi) is 6.15. The molecule has 0 fully saturated rings. The zero-order chi connectivity index (χ0) is 17.5. The van der Waals surface area contributed by atoms with Gasteiger partial charge < -0.3 is 10.2 Å². The number of carbonyl (C=O) groups excluding carboxylic acids is 1. The van der Waals surface area contributed by atoms with E-state index in [9.17, 15) is 15.0 Å². The number of phenols is 1. The smallest absolute Gasteiger partial charge is 0.236 e. The highest BCUT2D eigenvalue weighted by Crippen LogP contribution is 2.29. The van der Waals surface area contributed by atoms with Crippen molar-refractivity contribution in [3.8, 4) is 5.75 Å². The van der Waals surface area contributed by atoms with Gasteiger partial charge in [0, 0.05) is 11.4 Å². The van der Waals surface area contributed by atoms with E-state index >= 15 is 0 Å². The molecule has 1 amide bonds. The molecule has 0 bridgehead atoms. The molecular weight excluding hydrogens is 302 g/mol. The minimum Gasteiger partial charge on any atom is -0.508 e. The molecule has 0 spiro atoms. The van der Waals surface area contributed by atoms with Gasteiger partial charge in [0.2, 0.25) is 5.91 Å². The van der Waals surface area contributed by atoms with E-state index in [4.69, 9.17) is 0 Å². The molecule has 0 aromatic heterocycles. The van der Waals surface area contributed by atoms with Gasteiger partial charge in [0.25, 0.3) is 0 Å². The molecule has 24 heavy (non-hydrogen) atoms. The lowest BCUT2D eigenvalue weighted by Crippen LogP contribution is -2.34. The first-order valence-electron chi connectivity index (χ1n) is 7.96. The summed E-state index contributed by atoms with van der Waals surface area (Å²) >= 11 is 0. The second-order valence-corrected chi connectivity index (χ2v) is 5.90. The number of phenolic OH excluding ortho intramolecular Hbond substituents is 1. The van der Waals surface area contributed by atoms with Crippen molar-refractivity contribution < 1.29 is 15.0 Å². The fraction of sp³-hybridized carbons (Fsp3) is 0.250. The van der Waals surface area contributed by atoms with Gasteiger partial charge >= 0.3 is 0 Å². The molecule has 0 aliphatic heterocycles. The number of aliphatic hydroxyl groups is 1. The first-order valence-corrected chi connectivity index (χ1v) is 7.96. The van der Waals surface area contributed by atoms with Crippen molar-refractivity contribution in [2.24, 2.45) is 5.92 Å². The van der Waals surface area contributed by atoms with E-state index in [0.717, 1.165) is 11.3 Å². The van der Waals surface area contributed by atoms with Crippen molar-refractivity contribution >= 4 is 17.3 Å². The van der Waals surface area contributed by atoms with Crippen LogP contribution in [0.25, 0.3) is 0 Å². The first kappa shape index (κ1) is 17.8. The summed E-state index contributed by atoms with van der Waals surface area (Å²) in [5, 5.41) is 19.2. The van der Waals surface area contributed by atoms with Crippen LogP contribution in [0, 0.1) is 5.92 Å². The van der Waals surface area contributed by atoms with Crippen molar-refractivity contribution in [1.82, 2.24) is 0 Å². The second-order valence-electron chi connectivity index (χ2n) is 5.90. The predicted molar refractivity (Wildman–Crippen MR) is 96.3 cm³/mol. The number of amides is 1. The molecule has 2 aromatic carbocycles. The summed E-state index contributed by atoms with van der Waals surface area (Å²) in [6.07, 6.45) is 1.24. The summed E-state index contributed by atoms with van der Waals surface area (Å²) in [7, 11) is 0. The highest BCUT2D eigenvalue weighted by atomic mass is 16.3. The van der Waals surface area contributed by atoms with Gasteiger partial charge in [0.15, 0.2) is 0 Å². The molecule has 4 nitrogen and oxygen atoms in total. The highest BCUT2D eigenvalue weighted by Gasteiger charge is 2.26. The Balaban J connectivity index is 2.36. The Morgan fingerprint density at radius 1 is 1.08 bits per heavy atom. The van der Waals surface area contributed by atoms with Crippen LogP contribution >= 0.6 is 0 Å². The van der Waals surface area contributed by atoms with Crippen molar-refractivity contribution in [1.29, 1.82) is 0 Å². The van der Waals surface area contributed by atoms with Crippen LogP contribution in [-0.4, -0.2) is 22.7 Å². The largest absolute Gasteiger partial charge is 0.508 e. The van der Waals surface area contributed by atoms with Crippen LogP contribution in [-0.2, 0) is 4.79 Å². The Hall–Kier alpha value is -2.59. The first-order chi connectivity index (χ1) is 11.5.